The summed E-state index contributed by atoms with van der Waals surface area (Å²) < 4.78 is 0. The van der Waals surface area contributed by atoms with Crippen molar-refractivity contribution in [1.29, 1.82) is 0 Å². The van der Waals surface area contributed by atoms with Gasteiger partial charge in [-0.05, 0) is 43.9 Å². The van der Waals surface area contributed by atoms with E-state index in [1.54, 1.807) is 29.2 Å². The van der Waals surface area contributed by atoms with Crippen molar-refractivity contribution in [3.05, 3.63) is 29.3 Å². The van der Waals surface area contributed by atoms with Crippen LogP contribution < -0.4 is 16.2 Å². The molecule has 1 aromatic rings. The Bertz CT molecular complexity index is 576. The lowest BCUT2D eigenvalue weighted by Crippen LogP contribution is -2.50. The zero-order valence-corrected chi connectivity index (χ0v) is 12.9. The number of hydrogen-bond acceptors (Lipinski definition) is 3. The van der Waals surface area contributed by atoms with E-state index in [2.05, 4.69) is 16.2 Å². The molecule has 1 saturated carbocycles. The predicted octanol–water partition coefficient (Wildman–Crippen LogP) is 2.12. The first-order valence-corrected chi connectivity index (χ1v) is 7.90. The fourth-order valence-electron chi connectivity index (χ4n) is 2.55. The summed E-state index contributed by atoms with van der Waals surface area (Å²) in [4.78, 5) is 26.0. The number of benzene rings is 1. The molecule has 6 nitrogen and oxygen atoms in total. The van der Waals surface area contributed by atoms with Crippen LogP contribution in [0.15, 0.2) is 24.3 Å². The fourth-order valence-corrected chi connectivity index (χ4v) is 2.74. The highest BCUT2D eigenvalue weighted by Crippen LogP contribution is 2.22. The van der Waals surface area contributed by atoms with Gasteiger partial charge in [0.2, 0.25) is 0 Å². The predicted molar refractivity (Wildman–Crippen MR) is 84.5 cm³/mol. The van der Waals surface area contributed by atoms with Crippen LogP contribution in [0.3, 0.4) is 0 Å². The van der Waals surface area contributed by atoms with Crippen molar-refractivity contribution >= 4 is 29.2 Å². The minimum absolute atomic E-state index is 0.136. The van der Waals surface area contributed by atoms with Gasteiger partial charge in [-0.1, -0.05) is 17.7 Å². The molecule has 1 aromatic carbocycles. The van der Waals surface area contributed by atoms with Gasteiger partial charge in [-0.3, -0.25) is 15.6 Å². The van der Waals surface area contributed by atoms with Crippen molar-refractivity contribution in [2.45, 2.75) is 37.8 Å². The average Bonchev–Trinajstić information content (AvgIpc) is 3.17. The number of nitrogens with one attached hydrogen (secondary N) is 3. The Morgan fingerprint density at radius 2 is 2.05 bits per heavy atom. The van der Waals surface area contributed by atoms with E-state index in [1.165, 1.54) is 0 Å². The molecular weight excluding hydrogens is 304 g/mol. The van der Waals surface area contributed by atoms with Crippen molar-refractivity contribution in [2.24, 2.45) is 0 Å². The lowest BCUT2D eigenvalue weighted by Gasteiger charge is -2.24. The Morgan fingerprint density at radius 1 is 1.23 bits per heavy atom. The highest BCUT2D eigenvalue weighted by molar-refractivity contribution is 6.30. The van der Waals surface area contributed by atoms with Crippen molar-refractivity contribution in [1.82, 2.24) is 15.6 Å². The molecule has 1 aliphatic heterocycles. The molecule has 2 fully saturated rings. The second kappa shape index (κ2) is 6.44. The van der Waals surface area contributed by atoms with Gasteiger partial charge in [-0.15, -0.1) is 0 Å². The first-order chi connectivity index (χ1) is 10.6. The molecule has 2 aliphatic rings. The monoisotopic (exact) mass is 322 g/mol. The number of halogens is 1. The minimum Gasteiger partial charge on any atom is -0.335 e. The van der Waals surface area contributed by atoms with Crippen LogP contribution in [0.2, 0.25) is 5.02 Å². The molecule has 3 rings (SSSR count). The highest BCUT2D eigenvalue weighted by atomic mass is 35.5. The molecular formula is C15H19ClN4O2. The van der Waals surface area contributed by atoms with Gasteiger partial charge in [0.25, 0.3) is 5.91 Å². The molecule has 1 aliphatic carbocycles. The smallest absolute Gasteiger partial charge is 0.318 e. The normalized spacial score (nSPS) is 20.6. The molecule has 0 aromatic heterocycles. The third-order valence-corrected chi connectivity index (χ3v) is 4.11. The largest absolute Gasteiger partial charge is 0.335 e. The summed E-state index contributed by atoms with van der Waals surface area (Å²) in [5.74, 6) is -0.205. The fraction of sp³-hybridized carbons (Fsp3) is 0.467. The summed E-state index contributed by atoms with van der Waals surface area (Å²) >= 11 is 5.89. The lowest BCUT2D eigenvalue weighted by atomic mass is 10.2. The maximum atomic E-state index is 12.3. The molecule has 22 heavy (non-hydrogen) atoms. The van der Waals surface area contributed by atoms with Crippen molar-refractivity contribution in [2.75, 3.05) is 12.0 Å². The van der Waals surface area contributed by atoms with Gasteiger partial charge < -0.3 is 10.2 Å². The maximum Gasteiger partial charge on any atom is 0.318 e. The van der Waals surface area contributed by atoms with Crippen LogP contribution >= 0.6 is 11.6 Å². The van der Waals surface area contributed by atoms with Crippen LogP contribution in [-0.4, -0.2) is 35.5 Å². The van der Waals surface area contributed by atoms with E-state index in [1.807, 2.05) is 0 Å². The number of carbonyl (C=O) groups is 2. The van der Waals surface area contributed by atoms with Crippen LogP contribution in [0, 0.1) is 0 Å². The third kappa shape index (κ3) is 3.62. The highest BCUT2D eigenvalue weighted by Gasteiger charge is 2.36. The van der Waals surface area contributed by atoms with Crippen LogP contribution in [0.4, 0.5) is 10.5 Å². The zero-order chi connectivity index (χ0) is 15.5. The van der Waals surface area contributed by atoms with E-state index < -0.39 is 6.04 Å². The molecule has 1 heterocycles. The van der Waals surface area contributed by atoms with Crippen LogP contribution in [0.1, 0.15) is 25.7 Å². The number of nitrogens with zero attached hydrogens (tertiary/aromatic N) is 1. The average molecular weight is 323 g/mol. The Hall–Kier alpha value is -1.95. The van der Waals surface area contributed by atoms with E-state index >= 15 is 0 Å². The molecule has 1 atom stereocenters. The summed E-state index contributed by atoms with van der Waals surface area (Å²) in [5, 5.41) is 3.52. The number of hydrogen-bond donors (Lipinski definition) is 3. The summed E-state index contributed by atoms with van der Waals surface area (Å²) in [5.41, 5.74) is 6.19. The SMILES string of the molecule is O=C(NNc1cccc(Cl)c1)C1CCCN1C(=O)NC1CC1. The number of amides is 3. The van der Waals surface area contributed by atoms with E-state index in [4.69, 9.17) is 11.6 Å². The molecule has 1 saturated heterocycles. The standard InChI is InChI=1S/C15H19ClN4O2/c16-10-3-1-4-12(9-10)18-19-14(21)13-5-2-8-20(13)15(22)17-11-6-7-11/h1,3-4,9,11,13,18H,2,5-8H2,(H,17,22)(H,19,21). The van der Waals surface area contributed by atoms with Gasteiger partial charge in [-0.25, -0.2) is 4.79 Å². The summed E-state index contributed by atoms with van der Waals surface area (Å²) in [6, 6.07) is 6.80. The first-order valence-electron chi connectivity index (χ1n) is 7.52. The molecule has 3 N–H and O–H groups in total. The number of likely N-dealkylation sites (tertiary alicyclic amines) is 1. The molecule has 0 spiro atoms. The number of hydrazine groups is 1. The van der Waals surface area contributed by atoms with Gasteiger partial charge >= 0.3 is 6.03 Å². The Morgan fingerprint density at radius 3 is 2.77 bits per heavy atom. The summed E-state index contributed by atoms with van der Waals surface area (Å²) in [6.45, 7) is 0.619. The minimum atomic E-state index is -0.426. The van der Waals surface area contributed by atoms with E-state index in [9.17, 15) is 9.59 Å². The van der Waals surface area contributed by atoms with Crippen molar-refractivity contribution in [3.63, 3.8) is 0 Å². The van der Waals surface area contributed by atoms with Gasteiger partial charge in [-0.2, -0.15) is 0 Å². The van der Waals surface area contributed by atoms with Gasteiger partial charge in [0.15, 0.2) is 0 Å². The van der Waals surface area contributed by atoms with E-state index in [-0.39, 0.29) is 11.9 Å². The van der Waals surface area contributed by atoms with Gasteiger partial charge in [0.05, 0.1) is 5.69 Å². The summed E-state index contributed by atoms with van der Waals surface area (Å²) in [6.07, 6.45) is 3.59. The number of urea groups is 1. The molecule has 1 unspecified atom stereocenters. The zero-order valence-electron chi connectivity index (χ0n) is 12.1. The second-order valence-electron chi connectivity index (χ2n) is 5.70. The Balaban J connectivity index is 1.55. The number of carbonyl (C=O) groups excluding carboxylic acids is 2. The van der Waals surface area contributed by atoms with E-state index in [0.717, 1.165) is 19.3 Å². The van der Waals surface area contributed by atoms with Gasteiger partial charge in [0.1, 0.15) is 6.04 Å². The quantitative estimate of drug-likeness (QED) is 0.743. The Kier molecular flexibility index (Phi) is 4.38. The maximum absolute atomic E-state index is 12.3. The Labute approximate surface area is 134 Å². The summed E-state index contributed by atoms with van der Waals surface area (Å²) in [7, 11) is 0. The van der Waals surface area contributed by atoms with Crippen LogP contribution in [0.25, 0.3) is 0 Å². The second-order valence-corrected chi connectivity index (χ2v) is 6.14. The van der Waals surface area contributed by atoms with Crippen molar-refractivity contribution < 1.29 is 9.59 Å². The topological polar surface area (TPSA) is 73.5 Å². The van der Waals surface area contributed by atoms with Crippen molar-refractivity contribution in [3.8, 4) is 0 Å². The molecule has 118 valence electrons. The third-order valence-electron chi connectivity index (χ3n) is 3.88. The molecule has 3 amide bonds. The lowest BCUT2D eigenvalue weighted by molar-refractivity contribution is -0.124. The van der Waals surface area contributed by atoms with Crippen LogP contribution in [-0.2, 0) is 4.79 Å². The molecule has 7 heteroatoms. The molecule has 0 bridgehead atoms. The number of anilines is 1. The molecule has 0 radical (unpaired) electrons. The first kappa shape index (κ1) is 15.0. The van der Waals surface area contributed by atoms with Gasteiger partial charge in [0, 0.05) is 17.6 Å². The van der Waals surface area contributed by atoms with E-state index in [0.29, 0.717) is 29.7 Å². The van der Waals surface area contributed by atoms with Crippen LogP contribution in [0.5, 0.6) is 0 Å². The number of rotatable bonds is 4.